The van der Waals surface area contributed by atoms with E-state index in [1.54, 1.807) is 54.6 Å². The minimum Gasteiger partial charge on any atom is -0.493 e. The van der Waals surface area contributed by atoms with E-state index < -0.39 is 11.4 Å². The van der Waals surface area contributed by atoms with Crippen molar-refractivity contribution in [3.05, 3.63) is 60.2 Å². The Morgan fingerprint density at radius 1 is 0.833 bits per heavy atom. The van der Waals surface area contributed by atoms with E-state index in [2.05, 4.69) is 5.32 Å². The van der Waals surface area contributed by atoms with Crippen molar-refractivity contribution in [3.8, 4) is 34.5 Å². The van der Waals surface area contributed by atoms with Crippen LogP contribution in [0.3, 0.4) is 0 Å². The van der Waals surface area contributed by atoms with E-state index in [9.17, 15) is 9.59 Å². The van der Waals surface area contributed by atoms with Crippen LogP contribution in [-0.2, 0) is 15.1 Å². The van der Waals surface area contributed by atoms with E-state index in [-0.39, 0.29) is 25.9 Å². The highest BCUT2D eigenvalue weighted by atomic mass is 16.7. The maximum absolute atomic E-state index is 14.0. The van der Waals surface area contributed by atoms with Crippen LogP contribution in [-0.4, -0.2) is 39.6 Å². The summed E-state index contributed by atoms with van der Waals surface area (Å²) in [5.41, 5.74) is 0.219. The van der Waals surface area contributed by atoms with Crippen molar-refractivity contribution in [1.29, 1.82) is 0 Å². The number of carbonyl (C=O) groups excluding carboxylic acids is 2. The molecule has 1 unspecified atom stereocenters. The van der Waals surface area contributed by atoms with Gasteiger partial charge in [0.05, 0.1) is 20.6 Å². The molecule has 36 heavy (non-hydrogen) atoms. The maximum Gasteiger partial charge on any atom is 0.255 e. The van der Waals surface area contributed by atoms with Gasteiger partial charge in [0.2, 0.25) is 19.5 Å². The average molecular weight is 490 g/mol. The highest BCUT2D eigenvalue weighted by Crippen LogP contribution is 2.49. The number of fused-ring (bicyclic) bond motifs is 2. The molecule has 10 heteroatoms. The van der Waals surface area contributed by atoms with Crippen LogP contribution in [0.1, 0.15) is 12.0 Å². The topological polar surface area (TPSA) is 105 Å². The number of nitrogens with one attached hydrogen (secondary N) is 1. The van der Waals surface area contributed by atoms with Crippen molar-refractivity contribution in [2.24, 2.45) is 0 Å². The predicted octanol–water partition coefficient (Wildman–Crippen LogP) is 3.43. The van der Waals surface area contributed by atoms with Gasteiger partial charge < -0.3 is 33.7 Å². The summed E-state index contributed by atoms with van der Waals surface area (Å²) in [7, 11) is 3.05. The van der Waals surface area contributed by atoms with E-state index in [0.29, 0.717) is 51.4 Å². The summed E-state index contributed by atoms with van der Waals surface area (Å²) >= 11 is 0. The van der Waals surface area contributed by atoms with Gasteiger partial charge in [-0.05, 0) is 42.0 Å². The molecule has 3 aromatic rings. The van der Waals surface area contributed by atoms with Crippen molar-refractivity contribution >= 4 is 23.2 Å². The number of nitrogens with zero attached hydrogens (tertiary/aromatic N) is 1. The zero-order chi connectivity index (χ0) is 24.9. The number of ether oxygens (including phenoxy) is 6. The van der Waals surface area contributed by atoms with E-state index in [1.165, 1.54) is 19.1 Å². The molecular weight excluding hydrogens is 468 g/mol. The number of benzene rings is 3. The fraction of sp³-hybridized carbons (Fsp3) is 0.231. The molecule has 3 aliphatic heterocycles. The van der Waals surface area contributed by atoms with E-state index in [0.717, 1.165) is 0 Å². The molecule has 6 rings (SSSR count). The Balaban J connectivity index is 1.44. The molecule has 3 heterocycles. The molecule has 0 radical (unpaired) electrons. The monoisotopic (exact) mass is 490 g/mol. The van der Waals surface area contributed by atoms with Gasteiger partial charge in [0, 0.05) is 23.5 Å². The number of hydrogen-bond donors (Lipinski definition) is 1. The van der Waals surface area contributed by atoms with Gasteiger partial charge in [0.1, 0.15) is 0 Å². The molecule has 1 atom stereocenters. The number of amides is 2. The molecule has 0 bridgehead atoms. The predicted molar refractivity (Wildman–Crippen MR) is 127 cm³/mol. The molecule has 0 spiro atoms. The lowest BCUT2D eigenvalue weighted by molar-refractivity contribution is -0.137. The minimum absolute atomic E-state index is 0.0483. The largest absolute Gasteiger partial charge is 0.493 e. The van der Waals surface area contributed by atoms with Gasteiger partial charge in [-0.2, -0.15) is 0 Å². The fourth-order valence-electron chi connectivity index (χ4n) is 4.73. The molecule has 0 saturated carbocycles. The summed E-state index contributed by atoms with van der Waals surface area (Å²) in [5.74, 6) is 2.55. The van der Waals surface area contributed by atoms with Gasteiger partial charge in [-0.3, -0.25) is 14.5 Å². The molecule has 0 aliphatic carbocycles. The number of carbonyl (C=O) groups is 2. The highest BCUT2D eigenvalue weighted by Gasteiger charge is 2.59. The first-order valence-electron chi connectivity index (χ1n) is 11.2. The molecule has 0 aromatic heterocycles. The third kappa shape index (κ3) is 3.25. The van der Waals surface area contributed by atoms with Gasteiger partial charge >= 0.3 is 0 Å². The third-order valence-corrected chi connectivity index (χ3v) is 6.52. The zero-order valence-corrected chi connectivity index (χ0v) is 19.5. The van der Waals surface area contributed by atoms with Crippen LogP contribution in [0.25, 0.3) is 0 Å². The van der Waals surface area contributed by atoms with Crippen LogP contribution < -0.4 is 38.6 Å². The van der Waals surface area contributed by atoms with Crippen molar-refractivity contribution in [2.45, 2.75) is 12.0 Å². The second-order valence-corrected chi connectivity index (χ2v) is 8.40. The molecule has 1 saturated heterocycles. The first-order chi connectivity index (χ1) is 17.5. The lowest BCUT2D eigenvalue weighted by atomic mass is 9.75. The van der Waals surface area contributed by atoms with Crippen LogP contribution >= 0.6 is 0 Å². The lowest BCUT2D eigenvalue weighted by Crippen LogP contribution is -2.67. The summed E-state index contributed by atoms with van der Waals surface area (Å²) in [5, 5.41) is 2.96. The van der Waals surface area contributed by atoms with Gasteiger partial charge in [-0.15, -0.1) is 0 Å². The van der Waals surface area contributed by atoms with Crippen molar-refractivity contribution in [3.63, 3.8) is 0 Å². The van der Waals surface area contributed by atoms with Crippen LogP contribution in [0.2, 0.25) is 0 Å². The van der Waals surface area contributed by atoms with Gasteiger partial charge in [0.25, 0.3) is 5.91 Å². The van der Waals surface area contributed by atoms with E-state index in [4.69, 9.17) is 28.4 Å². The van der Waals surface area contributed by atoms with Gasteiger partial charge in [0.15, 0.2) is 40.0 Å². The zero-order valence-electron chi connectivity index (χ0n) is 19.5. The molecule has 1 fully saturated rings. The number of rotatable bonds is 6. The number of methoxy groups -OCH3 is 2. The van der Waals surface area contributed by atoms with Gasteiger partial charge in [-0.1, -0.05) is 6.07 Å². The quantitative estimate of drug-likeness (QED) is 0.524. The van der Waals surface area contributed by atoms with Crippen molar-refractivity contribution in [1.82, 2.24) is 0 Å². The second kappa shape index (κ2) is 8.26. The van der Waals surface area contributed by atoms with Crippen LogP contribution in [0.4, 0.5) is 11.4 Å². The van der Waals surface area contributed by atoms with Crippen LogP contribution in [0.15, 0.2) is 54.6 Å². The van der Waals surface area contributed by atoms with Crippen molar-refractivity contribution in [2.75, 3.05) is 38.0 Å². The minimum atomic E-state index is -1.36. The Kier molecular flexibility index (Phi) is 5.03. The smallest absolute Gasteiger partial charge is 0.255 e. The molecule has 10 nitrogen and oxygen atoms in total. The number of hydrogen-bond acceptors (Lipinski definition) is 8. The molecular formula is C26H22N2O8. The highest BCUT2D eigenvalue weighted by molar-refractivity contribution is 6.17. The summed E-state index contributed by atoms with van der Waals surface area (Å²) in [6, 6.07) is 15.5. The Morgan fingerprint density at radius 3 is 2.19 bits per heavy atom. The first-order valence-corrected chi connectivity index (χ1v) is 11.2. The molecule has 3 aromatic carbocycles. The summed E-state index contributed by atoms with van der Waals surface area (Å²) in [6.45, 7) is 0.215. The molecule has 1 N–H and O–H groups in total. The Bertz CT molecular complexity index is 1390. The fourth-order valence-corrected chi connectivity index (χ4v) is 4.73. The SMILES string of the molecule is COc1ccc(C2(C(=O)Nc3ccc4c(c3)OCO4)CC(=O)N2c2ccc3c(c2)OCO3)cc1OC. The van der Waals surface area contributed by atoms with Crippen LogP contribution in [0.5, 0.6) is 34.5 Å². The van der Waals surface area contributed by atoms with Crippen molar-refractivity contribution < 1.29 is 38.0 Å². The lowest BCUT2D eigenvalue weighted by Gasteiger charge is -2.50. The van der Waals surface area contributed by atoms with Gasteiger partial charge in [-0.25, -0.2) is 0 Å². The molecule has 2 amide bonds. The normalized spacial score (nSPS) is 19.1. The third-order valence-electron chi connectivity index (χ3n) is 6.52. The average Bonchev–Trinajstić information content (AvgIpc) is 3.55. The molecule has 3 aliphatic rings. The maximum atomic E-state index is 14.0. The van der Waals surface area contributed by atoms with E-state index >= 15 is 0 Å². The number of β-lactam (4-membered cyclic amide) rings is 1. The number of anilines is 2. The Hall–Kier alpha value is -4.60. The molecule has 184 valence electrons. The standard InChI is InChI=1S/C26H22N2O8/c1-31-18-6-3-15(9-21(18)32-2)26(25(30)27-16-4-7-19-22(10-16)35-13-33-19)12-24(29)28(26)17-5-8-20-23(11-17)36-14-34-20/h3-11H,12-14H2,1-2H3,(H,27,30). The summed E-state index contributed by atoms with van der Waals surface area (Å²) in [6.07, 6.45) is -0.0483. The van der Waals surface area contributed by atoms with Crippen LogP contribution in [0, 0.1) is 0 Å². The Morgan fingerprint density at radius 2 is 1.50 bits per heavy atom. The summed E-state index contributed by atoms with van der Waals surface area (Å²) in [4.78, 5) is 28.6. The summed E-state index contributed by atoms with van der Waals surface area (Å²) < 4.78 is 32.6. The van der Waals surface area contributed by atoms with E-state index in [1.807, 2.05) is 0 Å². The first kappa shape index (κ1) is 21.9. The second-order valence-electron chi connectivity index (χ2n) is 8.40. The Labute approximate surface area is 206 Å².